The summed E-state index contributed by atoms with van der Waals surface area (Å²) in [4.78, 5) is 23.9. The summed E-state index contributed by atoms with van der Waals surface area (Å²) in [6.07, 6.45) is -0.544. The lowest BCUT2D eigenvalue weighted by atomic mass is 10.1. The van der Waals surface area contributed by atoms with Crippen molar-refractivity contribution >= 4 is 39.0 Å². The Morgan fingerprint density at radius 1 is 1.38 bits per heavy atom. The van der Waals surface area contributed by atoms with Gasteiger partial charge in [0.05, 0.1) is 9.35 Å². The Bertz CT molecular complexity index is 652. The molecule has 0 aliphatic heterocycles. The predicted molar refractivity (Wildman–Crippen MR) is 84.2 cm³/mol. The zero-order valence-electron chi connectivity index (χ0n) is 11.2. The summed E-state index contributed by atoms with van der Waals surface area (Å²) in [5.74, 6) is -0.669. The number of aliphatic carboxylic acids is 1. The van der Waals surface area contributed by atoms with Crippen LogP contribution in [0.4, 0.5) is 0 Å². The van der Waals surface area contributed by atoms with Gasteiger partial charge in [-0.2, -0.15) is 0 Å². The Morgan fingerprint density at radius 2 is 2.14 bits per heavy atom. The molecule has 0 bridgehead atoms. The fourth-order valence-corrected chi connectivity index (χ4v) is 2.91. The van der Waals surface area contributed by atoms with Crippen molar-refractivity contribution in [1.82, 2.24) is 0 Å². The first kappa shape index (κ1) is 15.7. The van der Waals surface area contributed by atoms with Crippen molar-refractivity contribution < 1.29 is 19.4 Å². The summed E-state index contributed by atoms with van der Waals surface area (Å²) in [5, 5.41) is 10.8. The fraction of sp³-hybridized carbons (Fsp3) is 0.200. The van der Waals surface area contributed by atoms with Crippen molar-refractivity contribution in [3.8, 4) is 5.75 Å². The van der Waals surface area contributed by atoms with E-state index in [-0.39, 0.29) is 5.78 Å². The van der Waals surface area contributed by atoms with Crippen LogP contribution in [0.2, 0.25) is 0 Å². The number of halogens is 1. The SMILES string of the molecule is CCC(Oc1ccc(C(=O)c2cccs2)cc1Br)C(=O)O. The highest BCUT2D eigenvalue weighted by atomic mass is 79.9. The Hall–Kier alpha value is -1.66. The molecule has 0 aliphatic carbocycles. The van der Waals surface area contributed by atoms with E-state index in [1.807, 2.05) is 11.4 Å². The van der Waals surface area contributed by atoms with E-state index < -0.39 is 12.1 Å². The molecule has 0 fully saturated rings. The lowest BCUT2D eigenvalue weighted by Crippen LogP contribution is -2.26. The molecule has 1 aromatic heterocycles. The van der Waals surface area contributed by atoms with Crippen LogP contribution in [0.5, 0.6) is 5.75 Å². The third-order valence-electron chi connectivity index (χ3n) is 2.85. The molecule has 1 atom stereocenters. The van der Waals surface area contributed by atoms with Gasteiger partial charge in [0.1, 0.15) is 5.75 Å². The number of carbonyl (C=O) groups is 2. The van der Waals surface area contributed by atoms with E-state index in [0.717, 1.165) is 0 Å². The second-order valence-electron chi connectivity index (χ2n) is 4.30. The van der Waals surface area contributed by atoms with E-state index in [4.69, 9.17) is 9.84 Å². The zero-order chi connectivity index (χ0) is 15.4. The Labute approximate surface area is 134 Å². The predicted octanol–water partition coefficient (Wildman–Crippen LogP) is 3.98. The van der Waals surface area contributed by atoms with Crippen molar-refractivity contribution in [2.24, 2.45) is 0 Å². The number of thiophene rings is 1. The molecule has 1 unspecified atom stereocenters. The lowest BCUT2D eigenvalue weighted by Gasteiger charge is -2.14. The zero-order valence-corrected chi connectivity index (χ0v) is 13.6. The molecule has 6 heteroatoms. The topological polar surface area (TPSA) is 63.6 Å². The molecule has 0 spiro atoms. The summed E-state index contributed by atoms with van der Waals surface area (Å²) < 4.78 is 5.99. The van der Waals surface area contributed by atoms with Crippen LogP contribution in [0.3, 0.4) is 0 Å². The first-order chi connectivity index (χ1) is 10.0. The summed E-state index contributed by atoms with van der Waals surface area (Å²) >= 11 is 4.70. The van der Waals surface area contributed by atoms with Gasteiger partial charge in [0.25, 0.3) is 0 Å². The van der Waals surface area contributed by atoms with Crippen molar-refractivity contribution in [2.75, 3.05) is 0 Å². The number of hydrogen-bond acceptors (Lipinski definition) is 4. The number of benzene rings is 1. The van der Waals surface area contributed by atoms with Gasteiger partial charge in [-0.1, -0.05) is 13.0 Å². The molecule has 21 heavy (non-hydrogen) atoms. The summed E-state index contributed by atoms with van der Waals surface area (Å²) in [6.45, 7) is 1.74. The van der Waals surface area contributed by atoms with Gasteiger partial charge in [-0.3, -0.25) is 4.79 Å². The van der Waals surface area contributed by atoms with Gasteiger partial charge >= 0.3 is 5.97 Å². The first-order valence-electron chi connectivity index (χ1n) is 6.30. The number of carbonyl (C=O) groups excluding carboxylic acids is 1. The van der Waals surface area contributed by atoms with Crippen molar-refractivity contribution in [3.63, 3.8) is 0 Å². The Kier molecular flexibility index (Phi) is 5.14. The Balaban J connectivity index is 2.21. The van der Waals surface area contributed by atoms with Crippen molar-refractivity contribution in [2.45, 2.75) is 19.4 Å². The molecule has 1 N–H and O–H groups in total. The number of rotatable bonds is 6. The molecular weight excluding hydrogens is 356 g/mol. The smallest absolute Gasteiger partial charge is 0.344 e. The highest BCUT2D eigenvalue weighted by molar-refractivity contribution is 9.10. The second kappa shape index (κ2) is 6.87. The molecule has 110 valence electrons. The minimum Gasteiger partial charge on any atom is -0.479 e. The van der Waals surface area contributed by atoms with Crippen LogP contribution < -0.4 is 4.74 Å². The number of ether oxygens (including phenoxy) is 1. The maximum atomic E-state index is 12.2. The quantitative estimate of drug-likeness (QED) is 0.783. The molecular formula is C15H13BrO4S. The summed E-state index contributed by atoms with van der Waals surface area (Å²) in [6, 6.07) is 8.48. The molecule has 0 radical (unpaired) electrons. The van der Waals surface area contributed by atoms with Gasteiger partial charge in [-0.05, 0) is 52.0 Å². The van der Waals surface area contributed by atoms with E-state index in [1.54, 1.807) is 31.2 Å². The van der Waals surface area contributed by atoms with E-state index >= 15 is 0 Å². The van der Waals surface area contributed by atoms with E-state index in [0.29, 0.717) is 27.1 Å². The van der Waals surface area contributed by atoms with E-state index in [2.05, 4.69) is 15.9 Å². The largest absolute Gasteiger partial charge is 0.479 e. The van der Waals surface area contributed by atoms with E-state index in [1.165, 1.54) is 11.3 Å². The minimum atomic E-state index is -1.01. The van der Waals surface area contributed by atoms with Crippen LogP contribution in [0.15, 0.2) is 40.2 Å². The molecule has 0 aliphatic rings. The van der Waals surface area contributed by atoms with Gasteiger partial charge in [0.15, 0.2) is 6.10 Å². The summed E-state index contributed by atoms with van der Waals surface area (Å²) in [7, 11) is 0. The average molecular weight is 369 g/mol. The normalized spacial score (nSPS) is 11.9. The molecule has 0 saturated heterocycles. The molecule has 4 nitrogen and oxygen atoms in total. The highest BCUT2D eigenvalue weighted by Crippen LogP contribution is 2.29. The third-order valence-corrected chi connectivity index (χ3v) is 4.34. The second-order valence-corrected chi connectivity index (χ2v) is 6.11. The summed E-state index contributed by atoms with van der Waals surface area (Å²) in [5.41, 5.74) is 0.528. The van der Waals surface area contributed by atoms with Crippen LogP contribution in [-0.4, -0.2) is 23.0 Å². The third kappa shape index (κ3) is 3.71. The Morgan fingerprint density at radius 3 is 2.67 bits per heavy atom. The maximum Gasteiger partial charge on any atom is 0.344 e. The van der Waals surface area contributed by atoms with Gasteiger partial charge in [0, 0.05) is 5.56 Å². The molecule has 0 saturated carbocycles. The fourth-order valence-electron chi connectivity index (χ4n) is 1.75. The minimum absolute atomic E-state index is 0.0671. The van der Waals surface area contributed by atoms with Gasteiger partial charge in [-0.25, -0.2) is 4.79 Å². The van der Waals surface area contributed by atoms with Crippen molar-refractivity contribution in [3.05, 3.63) is 50.6 Å². The highest BCUT2D eigenvalue weighted by Gasteiger charge is 2.19. The number of carboxylic acid groups (broad SMARTS) is 1. The monoisotopic (exact) mass is 368 g/mol. The van der Waals surface area contributed by atoms with Gasteiger partial charge in [-0.15, -0.1) is 11.3 Å². The van der Waals surface area contributed by atoms with Gasteiger partial charge in [0.2, 0.25) is 5.78 Å². The average Bonchev–Trinajstić information content (AvgIpc) is 2.99. The first-order valence-corrected chi connectivity index (χ1v) is 7.97. The molecule has 1 heterocycles. The molecule has 2 rings (SSSR count). The number of hydrogen-bond donors (Lipinski definition) is 1. The van der Waals surface area contributed by atoms with Crippen LogP contribution in [0.25, 0.3) is 0 Å². The standard InChI is InChI=1S/C15H13BrO4S/c1-2-11(15(18)19)20-12-6-5-9(8-10(12)16)14(17)13-4-3-7-21-13/h3-8,11H,2H2,1H3,(H,18,19). The molecule has 2 aromatic rings. The number of ketones is 1. The van der Waals surface area contributed by atoms with Crippen LogP contribution in [0, 0.1) is 0 Å². The van der Waals surface area contributed by atoms with E-state index in [9.17, 15) is 9.59 Å². The van der Waals surface area contributed by atoms with Crippen LogP contribution in [-0.2, 0) is 4.79 Å². The maximum absolute atomic E-state index is 12.2. The molecule has 1 aromatic carbocycles. The number of carboxylic acids is 1. The van der Waals surface area contributed by atoms with Crippen LogP contribution in [0.1, 0.15) is 28.6 Å². The van der Waals surface area contributed by atoms with Gasteiger partial charge < -0.3 is 9.84 Å². The lowest BCUT2D eigenvalue weighted by molar-refractivity contribution is -0.145. The van der Waals surface area contributed by atoms with Crippen molar-refractivity contribution in [1.29, 1.82) is 0 Å². The molecule has 0 amide bonds. The van der Waals surface area contributed by atoms with Crippen LogP contribution >= 0.6 is 27.3 Å².